The lowest BCUT2D eigenvalue weighted by Crippen LogP contribution is -1.97. The van der Waals surface area contributed by atoms with E-state index in [1.807, 2.05) is 35.7 Å². The van der Waals surface area contributed by atoms with Crippen LogP contribution < -0.4 is 0 Å². The summed E-state index contributed by atoms with van der Waals surface area (Å²) in [5.41, 5.74) is 5.16. The van der Waals surface area contributed by atoms with Crippen LogP contribution in [0.2, 0.25) is 0 Å². The molecule has 0 fully saturated rings. The third-order valence-electron chi connectivity index (χ3n) is 7.75. The SMILES string of the molecule is C=CC1=C(C=C)Sc2c(cccc2-c2c3ccccc3c(-c3cccc4c3Sc3ccccc3S4)c3ccccc23)S1. The molecule has 0 unspecified atom stereocenters. The van der Waals surface area contributed by atoms with Crippen LogP contribution in [0.4, 0.5) is 0 Å². The van der Waals surface area contributed by atoms with E-state index >= 15 is 0 Å². The Labute approximate surface area is 263 Å². The normalized spacial score (nSPS) is 13.9. The van der Waals surface area contributed by atoms with Gasteiger partial charge in [-0.15, -0.1) is 0 Å². The van der Waals surface area contributed by atoms with Gasteiger partial charge in [0.2, 0.25) is 0 Å². The molecule has 8 rings (SSSR count). The zero-order valence-electron chi connectivity index (χ0n) is 22.6. The average molecular weight is 609 g/mol. The van der Waals surface area contributed by atoms with Gasteiger partial charge in [0.1, 0.15) is 0 Å². The third-order valence-corrected chi connectivity index (χ3v) is 13.0. The van der Waals surface area contributed by atoms with Crippen molar-refractivity contribution in [3.05, 3.63) is 144 Å². The number of benzene rings is 6. The molecular formula is C38H24S4. The van der Waals surface area contributed by atoms with E-state index in [1.54, 1.807) is 23.5 Å². The van der Waals surface area contributed by atoms with Crippen molar-refractivity contribution in [1.29, 1.82) is 0 Å². The van der Waals surface area contributed by atoms with Gasteiger partial charge in [-0.05, 0) is 68.1 Å². The molecule has 42 heavy (non-hydrogen) atoms. The summed E-state index contributed by atoms with van der Waals surface area (Å²) < 4.78 is 0. The van der Waals surface area contributed by atoms with Crippen LogP contribution >= 0.6 is 47.0 Å². The lowest BCUT2D eigenvalue weighted by Gasteiger charge is -2.25. The number of rotatable bonds is 4. The molecule has 0 saturated heterocycles. The minimum atomic E-state index is 1.16. The Morgan fingerprint density at radius 3 is 1.31 bits per heavy atom. The molecule has 0 N–H and O–H groups in total. The molecule has 2 aliphatic rings. The average Bonchev–Trinajstić information content (AvgIpc) is 3.05. The molecule has 0 saturated carbocycles. The van der Waals surface area contributed by atoms with Crippen molar-refractivity contribution in [3.8, 4) is 22.3 Å². The van der Waals surface area contributed by atoms with E-state index in [1.165, 1.54) is 73.2 Å². The van der Waals surface area contributed by atoms with Gasteiger partial charge in [0.25, 0.3) is 0 Å². The van der Waals surface area contributed by atoms with Gasteiger partial charge in [-0.3, -0.25) is 0 Å². The van der Waals surface area contributed by atoms with E-state index in [9.17, 15) is 0 Å². The molecule has 6 aromatic rings. The Morgan fingerprint density at radius 1 is 0.381 bits per heavy atom. The van der Waals surface area contributed by atoms with E-state index in [0.29, 0.717) is 0 Å². The molecule has 2 heterocycles. The van der Waals surface area contributed by atoms with Crippen molar-refractivity contribution >= 4 is 68.6 Å². The zero-order chi connectivity index (χ0) is 28.2. The Bertz CT molecular complexity index is 2080. The van der Waals surface area contributed by atoms with E-state index in [0.717, 1.165) is 9.81 Å². The summed E-state index contributed by atoms with van der Waals surface area (Å²) in [6.07, 6.45) is 3.90. The second kappa shape index (κ2) is 10.6. The molecule has 4 heteroatoms. The lowest BCUT2D eigenvalue weighted by atomic mass is 9.86. The van der Waals surface area contributed by atoms with Crippen LogP contribution in [0.5, 0.6) is 0 Å². The highest BCUT2D eigenvalue weighted by molar-refractivity contribution is 8.09. The van der Waals surface area contributed by atoms with Crippen molar-refractivity contribution in [2.75, 3.05) is 0 Å². The second-order valence-corrected chi connectivity index (χ2v) is 14.4. The van der Waals surface area contributed by atoms with E-state index in [-0.39, 0.29) is 0 Å². The van der Waals surface area contributed by atoms with Crippen molar-refractivity contribution in [2.24, 2.45) is 0 Å². The molecule has 0 spiro atoms. The van der Waals surface area contributed by atoms with E-state index in [2.05, 4.69) is 122 Å². The molecule has 0 atom stereocenters. The second-order valence-electron chi connectivity index (χ2n) is 10.1. The molecular weight excluding hydrogens is 585 g/mol. The predicted molar refractivity (Wildman–Crippen MR) is 186 cm³/mol. The van der Waals surface area contributed by atoms with Gasteiger partial charge in [0.15, 0.2) is 0 Å². The van der Waals surface area contributed by atoms with Gasteiger partial charge in [0.05, 0.1) is 0 Å². The largest absolute Gasteiger partial charge is 0.0979 e. The highest BCUT2D eigenvalue weighted by Gasteiger charge is 2.26. The number of thioether (sulfide) groups is 2. The van der Waals surface area contributed by atoms with Crippen LogP contribution in [-0.2, 0) is 0 Å². The molecule has 0 aliphatic carbocycles. The van der Waals surface area contributed by atoms with Crippen molar-refractivity contribution in [1.82, 2.24) is 0 Å². The third kappa shape index (κ3) is 4.12. The van der Waals surface area contributed by atoms with Gasteiger partial charge in [-0.2, -0.15) is 0 Å². The van der Waals surface area contributed by atoms with Crippen molar-refractivity contribution in [3.63, 3.8) is 0 Å². The summed E-state index contributed by atoms with van der Waals surface area (Å²) in [5, 5.41) is 5.11. The first-order chi connectivity index (χ1) is 20.7. The smallest absolute Gasteiger partial charge is 0.0341 e. The van der Waals surface area contributed by atoms with Gasteiger partial charge in [0, 0.05) is 39.2 Å². The zero-order valence-corrected chi connectivity index (χ0v) is 25.9. The Hall–Kier alpha value is -3.54. The first-order valence-electron chi connectivity index (χ1n) is 13.7. The lowest BCUT2D eigenvalue weighted by molar-refractivity contribution is 1.16. The summed E-state index contributed by atoms with van der Waals surface area (Å²) in [6, 6.07) is 40.1. The highest BCUT2D eigenvalue weighted by Crippen LogP contribution is 2.56. The summed E-state index contributed by atoms with van der Waals surface area (Å²) >= 11 is 7.36. The first kappa shape index (κ1) is 26.1. The van der Waals surface area contributed by atoms with Crippen molar-refractivity contribution < 1.29 is 0 Å². The summed E-state index contributed by atoms with van der Waals surface area (Å²) in [6.45, 7) is 8.17. The van der Waals surface area contributed by atoms with Gasteiger partial charge in [-0.1, -0.05) is 157 Å². The number of fused-ring (bicyclic) bond motifs is 5. The molecule has 0 radical (unpaired) electrons. The highest BCUT2D eigenvalue weighted by atomic mass is 32.2. The molecule has 200 valence electrons. The van der Waals surface area contributed by atoms with Crippen LogP contribution in [0.3, 0.4) is 0 Å². The van der Waals surface area contributed by atoms with Crippen LogP contribution in [0, 0.1) is 0 Å². The molecule has 2 aliphatic heterocycles. The molecule has 0 amide bonds. The fourth-order valence-corrected chi connectivity index (χ4v) is 10.6. The predicted octanol–water partition coefficient (Wildman–Crippen LogP) is 12.7. The number of hydrogen-bond donors (Lipinski definition) is 0. The Balaban J connectivity index is 1.43. The number of allylic oxidation sites excluding steroid dienone is 2. The quantitative estimate of drug-likeness (QED) is 0.182. The van der Waals surface area contributed by atoms with E-state index in [4.69, 9.17) is 0 Å². The maximum absolute atomic E-state index is 4.11. The fourth-order valence-electron chi connectivity index (χ4n) is 5.97. The maximum atomic E-state index is 4.11. The molecule has 0 nitrogen and oxygen atoms in total. The standard InChI is InChI=1S/C38H24S4/c1-3-29-30(4-2)41-37-27(17-11-21-33(37)39-29)35-23-13-5-7-15-25(23)36(26-16-8-6-14-24(26)35)28-18-12-22-34-38(28)42-32-20-10-9-19-31(32)40-34/h3-22H,1-2H2. The summed E-state index contributed by atoms with van der Waals surface area (Å²) in [5.74, 6) is 0. The van der Waals surface area contributed by atoms with E-state index < -0.39 is 0 Å². The van der Waals surface area contributed by atoms with Crippen LogP contribution in [0.15, 0.2) is 174 Å². The fraction of sp³-hybridized carbons (Fsp3) is 0. The first-order valence-corrected chi connectivity index (χ1v) is 17.0. The topological polar surface area (TPSA) is 0 Å². The Kier molecular flexibility index (Phi) is 6.61. The van der Waals surface area contributed by atoms with Gasteiger partial charge >= 0.3 is 0 Å². The van der Waals surface area contributed by atoms with Gasteiger partial charge in [-0.25, -0.2) is 0 Å². The summed E-state index contributed by atoms with van der Waals surface area (Å²) in [7, 11) is 0. The summed E-state index contributed by atoms with van der Waals surface area (Å²) in [4.78, 5) is 10.2. The monoisotopic (exact) mass is 608 g/mol. The van der Waals surface area contributed by atoms with Crippen molar-refractivity contribution in [2.45, 2.75) is 29.4 Å². The van der Waals surface area contributed by atoms with Crippen LogP contribution in [0.25, 0.3) is 43.8 Å². The molecule has 6 aromatic carbocycles. The maximum Gasteiger partial charge on any atom is 0.0341 e. The number of hydrogen-bond acceptors (Lipinski definition) is 4. The molecule has 0 aromatic heterocycles. The van der Waals surface area contributed by atoms with Gasteiger partial charge < -0.3 is 0 Å². The van der Waals surface area contributed by atoms with Crippen LogP contribution in [-0.4, -0.2) is 0 Å². The van der Waals surface area contributed by atoms with Crippen LogP contribution in [0.1, 0.15) is 0 Å². The molecule has 0 bridgehead atoms. The minimum Gasteiger partial charge on any atom is -0.0979 e. The Morgan fingerprint density at radius 2 is 0.786 bits per heavy atom. The minimum absolute atomic E-state index is 1.16.